The second-order valence-electron chi connectivity index (χ2n) is 10.1. The Hall–Kier alpha value is -2.64. The second-order valence-corrected chi connectivity index (χ2v) is 17.4. The Balaban J connectivity index is 2.09. The molecule has 0 radical (unpaired) electrons. The first-order valence-electron chi connectivity index (χ1n) is 12.2. The first-order chi connectivity index (χ1) is 16.4. The third-order valence-electron chi connectivity index (χ3n) is 6.93. The van der Waals surface area contributed by atoms with E-state index in [2.05, 4.69) is 41.5 Å². The summed E-state index contributed by atoms with van der Waals surface area (Å²) in [6.07, 6.45) is 5.02. The van der Waals surface area contributed by atoms with Crippen LogP contribution in [-0.4, -0.2) is 33.1 Å². The van der Waals surface area contributed by atoms with E-state index in [0.29, 0.717) is 5.57 Å². The molecule has 3 rings (SSSR count). The summed E-state index contributed by atoms with van der Waals surface area (Å²) in [5.41, 5.74) is 3.12. The Bertz CT molecular complexity index is 1180. The van der Waals surface area contributed by atoms with Crippen LogP contribution in [0, 0.1) is 6.92 Å². The number of sulfonamides is 1. The molecule has 188 valence electrons. The Morgan fingerprint density at radius 3 is 1.94 bits per heavy atom. The summed E-state index contributed by atoms with van der Waals surface area (Å²) in [7, 11) is -6.57. The molecular weight excluding hydrogens is 474 g/mol. The van der Waals surface area contributed by atoms with Crippen LogP contribution < -0.4 is 0 Å². The van der Waals surface area contributed by atoms with Gasteiger partial charge in [0.1, 0.15) is 0 Å². The van der Waals surface area contributed by atoms with Crippen molar-refractivity contribution in [1.82, 2.24) is 4.31 Å². The van der Waals surface area contributed by atoms with Gasteiger partial charge < -0.3 is 4.43 Å². The highest BCUT2D eigenvalue weighted by Gasteiger charge is 2.50. The Kier molecular flexibility index (Phi) is 8.12. The average molecular weight is 512 g/mol. The number of hydrogen-bond donors (Lipinski definition) is 0. The van der Waals surface area contributed by atoms with E-state index in [1.165, 1.54) is 4.31 Å². The van der Waals surface area contributed by atoms with E-state index in [0.717, 1.165) is 11.1 Å². The molecule has 1 atom stereocenters. The molecule has 35 heavy (non-hydrogen) atoms. The SMILES string of the molecule is Cc1ccc(S(=O)(=O)N2C=C(c3ccccc3)C=CC2C(=O)O[Si](C(C)C)(C(C)C)C(C)C)cc1. The Morgan fingerprint density at radius 2 is 1.43 bits per heavy atom. The van der Waals surface area contributed by atoms with Gasteiger partial charge in [0, 0.05) is 6.20 Å². The maximum absolute atomic E-state index is 13.8. The van der Waals surface area contributed by atoms with Crippen LogP contribution in [0.15, 0.2) is 77.8 Å². The van der Waals surface area contributed by atoms with Crippen LogP contribution in [0.2, 0.25) is 16.6 Å². The molecule has 0 fully saturated rings. The number of allylic oxidation sites excluding steroid dienone is 2. The van der Waals surface area contributed by atoms with E-state index in [-0.39, 0.29) is 21.5 Å². The van der Waals surface area contributed by atoms with Crippen molar-refractivity contribution in [2.45, 2.75) is 76.0 Å². The zero-order chi connectivity index (χ0) is 26.0. The maximum Gasteiger partial charge on any atom is 0.320 e. The maximum atomic E-state index is 13.8. The van der Waals surface area contributed by atoms with Crippen molar-refractivity contribution in [3.05, 3.63) is 84.1 Å². The van der Waals surface area contributed by atoms with Crippen LogP contribution in [0.3, 0.4) is 0 Å². The summed E-state index contributed by atoms with van der Waals surface area (Å²) in [5, 5.41) is 0. The van der Waals surface area contributed by atoms with Crippen LogP contribution in [0.4, 0.5) is 0 Å². The van der Waals surface area contributed by atoms with Crippen molar-refractivity contribution in [2.24, 2.45) is 0 Å². The number of hydrogen-bond acceptors (Lipinski definition) is 4. The van der Waals surface area contributed by atoms with Gasteiger partial charge in [0.15, 0.2) is 6.04 Å². The topological polar surface area (TPSA) is 63.7 Å². The molecule has 1 heterocycles. The zero-order valence-corrected chi connectivity index (χ0v) is 23.5. The smallest absolute Gasteiger partial charge is 0.320 e. The predicted octanol–water partition coefficient (Wildman–Crippen LogP) is 6.68. The molecule has 0 aromatic heterocycles. The molecule has 0 N–H and O–H groups in total. The van der Waals surface area contributed by atoms with Crippen LogP contribution >= 0.6 is 0 Å². The van der Waals surface area contributed by atoms with E-state index in [4.69, 9.17) is 4.43 Å². The van der Waals surface area contributed by atoms with Gasteiger partial charge in [-0.3, -0.25) is 9.10 Å². The lowest BCUT2D eigenvalue weighted by Crippen LogP contribution is -2.53. The van der Waals surface area contributed by atoms with Crippen LogP contribution in [0.25, 0.3) is 5.57 Å². The molecule has 5 nitrogen and oxygen atoms in total. The molecule has 1 unspecified atom stereocenters. The van der Waals surface area contributed by atoms with Crippen LogP contribution in [-0.2, 0) is 19.2 Å². The molecule has 7 heteroatoms. The summed E-state index contributed by atoms with van der Waals surface area (Å²) in [6, 6.07) is 15.1. The number of carbonyl (C=O) groups is 1. The normalized spacial score (nSPS) is 16.7. The third-order valence-corrected chi connectivity index (χ3v) is 14.7. The quantitative estimate of drug-likeness (QED) is 0.371. The van der Waals surface area contributed by atoms with Gasteiger partial charge in [0.2, 0.25) is 0 Å². The minimum atomic E-state index is -4.01. The van der Waals surface area contributed by atoms with Crippen molar-refractivity contribution >= 4 is 29.9 Å². The van der Waals surface area contributed by atoms with Gasteiger partial charge in [0.25, 0.3) is 18.3 Å². The first kappa shape index (κ1) is 27.0. The molecule has 1 aliphatic heterocycles. The standard InChI is InChI=1S/C28H37NO4SSi/c1-20(2)35(21(3)4,22(5)6)33-28(30)27-18-15-25(24-11-9-8-10-12-24)19-29(27)34(31,32)26-16-13-23(7)14-17-26/h8-22,27H,1-7H3. The fourth-order valence-corrected chi connectivity index (χ4v) is 11.8. The van der Waals surface area contributed by atoms with Crippen molar-refractivity contribution < 1.29 is 17.6 Å². The molecule has 0 spiro atoms. The van der Waals surface area contributed by atoms with Crippen molar-refractivity contribution in [3.63, 3.8) is 0 Å². The minimum Gasteiger partial charge on any atom is -0.516 e. The Labute approximate surface area is 211 Å². The molecule has 2 aromatic rings. The third kappa shape index (κ3) is 5.31. The number of benzene rings is 2. The summed E-state index contributed by atoms with van der Waals surface area (Å²) < 4.78 is 35.2. The van der Waals surface area contributed by atoms with Crippen molar-refractivity contribution in [1.29, 1.82) is 0 Å². The van der Waals surface area contributed by atoms with Crippen LogP contribution in [0.1, 0.15) is 52.7 Å². The van der Waals surface area contributed by atoms with Gasteiger partial charge in [-0.05, 0) is 52.9 Å². The van der Waals surface area contributed by atoms with E-state index < -0.39 is 30.4 Å². The van der Waals surface area contributed by atoms with E-state index >= 15 is 0 Å². The monoisotopic (exact) mass is 511 g/mol. The highest BCUT2D eigenvalue weighted by molar-refractivity contribution is 7.89. The summed E-state index contributed by atoms with van der Waals surface area (Å²) in [6.45, 7) is 14.5. The lowest BCUT2D eigenvalue weighted by atomic mass is 10.0. The Morgan fingerprint density at radius 1 is 0.886 bits per heavy atom. The lowest BCUT2D eigenvalue weighted by molar-refractivity contribution is -0.138. The highest BCUT2D eigenvalue weighted by Crippen LogP contribution is 2.43. The van der Waals surface area contributed by atoms with Crippen LogP contribution in [0.5, 0.6) is 0 Å². The van der Waals surface area contributed by atoms with Crippen molar-refractivity contribution in [3.8, 4) is 0 Å². The van der Waals surface area contributed by atoms with Gasteiger partial charge in [-0.15, -0.1) is 0 Å². The van der Waals surface area contributed by atoms with E-state index in [1.54, 1.807) is 36.5 Å². The molecule has 0 aliphatic carbocycles. The molecule has 0 saturated carbocycles. The van der Waals surface area contributed by atoms with Gasteiger partial charge >= 0.3 is 5.97 Å². The zero-order valence-electron chi connectivity index (χ0n) is 21.7. The summed E-state index contributed by atoms with van der Waals surface area (Å²) in [5.74, 6) is -0.511. The fourth-order valence-electron chi connectivity index (χ4n) is 5.16. The molecule has 0 bridgehead atoms. The van der Waals surface area contributed by atoms with E-state index in [1.807, 2.05) is 43.3 Å². The molecule has 0 amide bonds. The molecule has 0 saturated heterocycles. The average Bonchev–Trinajstić information content (AvgIpc) is 2.82. The lowest BCUT2D eigenvalue weighted by Gasteiger charge is -2.42. The summed E-state index contributed by atoms with van der Waals surface area (Å²) >= 11 is 0. The molecular formula is C28H37NO4SSi. The van der Waals surface area contributed by atoms with Gasteiger partial charge in [-0.1, -0.05) is 95.6 Å². The summed E-state index contributed by atoms with van der Waals surface area (Å²) in [4.78, 5) is 13.9. The molecule has 1 aliphatic rings. The first-order valence-corrected chi connectivity index (χ1v) is 15.8. The number of aryl methyl sites for hydroxylation is 1. The predicted molar refractivity (Wildman–Crippen MR) is 145 cm³/mol. The van der Waals surface area contributed by atoms with Gasteiger partial charge in [-0.25, -0.2) is 8.42 Å². The second kappa shape index (κ2) is 10.5. The van der Waals surface area contributed by atoms with Gasteiger partial charge in [0.05, 0.1) is 4.90 Å². The highest BCUT2D eigenvalue weighted by atomic mass is 32.2. The fraction of sp³-hybridized carbons (Fsp3) is 0.393. The van der Waals surface area contributed by atoms with Crippen molar-refractivity contribution in [2.75, 3.05) is 0 Å². The minimum absolute atomic E-state index is 0.139. The van der Waals surface area contributed by atoms with Gasteiger partial charge in [-0.2, -0.15) is 0 Å². The number of nitrogens with zero attached hydrogens (tertiary/aromatic N) is 1. The number of carbonyl (C=O) groups excluding carboxylic acids is 1. The number of rotatable bonds is 8. The van der Waals surface area contributed by atoms with E-state index in [9.17, 15) is 13.2 Å². The largest absolute Gasteiger partial charge is 0.516 e. The molecule has 2 aromatic carbocycles.